The smallest absolute Gasteiger partial charge is 0.326 e. The quantitative estimate of drug-likeness (QED) is 0.905. The van der Waals surface area contributed by atoms with Crippen LogP contribution < -0.4 is 4.74 Å². The van der Waals surface area contributed by atoms with Crippen molar-refractivity contribution in [1.29, 1.82) is 0 Å². The van der Waals surface area contributed by atoms with E-state index in [2.05, 4.69) is 0 Å². The van der Waals surface area contributed by atoms with Crippen LogP contribution in [0.1, 0.15) is 41.8 Å². The Morgan fingerprint density at radius 2 is 1.80 bits per heavy atom. The molecule has 25 heavy (non-hydrogen) atoms. The van der Waals surface area contributed by atoms with Crippen molar-refractivity contribution in [2.24, 2.45) is 0 Å². The SMILES string of the molecule is CC(Oc1ccc(C(=O)N2CCC[C@@H]2C(=O)O)cc1)c1ccccc1. The van der Waals surface area contributed by atoms with Gasteiger partial charge < -0.3 is 14.7 Å². The Morgan fingerprint density at radius 3 is 2.44 bits per heavy atom. The lowest BCUT2D eigenvalue weighted by Crippen LogP contribution is -2.40. The predicted molar refractivity (Wildman–Crippen MR) is 93.6 cm³/mol. The summed E-state index contributed by atoms with van der Waals surface area (Å²) in [4.78, 5) is 25.2. The van der Waals surface area contributed by atoms with Crippen LogP contribution in [0.25, 0.3) is 0 Å². The van der Waals surface area contributed by atoms with Gasteiger partial charge in [-0.05, 0) is 49.6 Å². The van der Waals surface area contributed by atoms with Gasteiger partial charge in [-0.1, -0.05) is 30.3 Å². The molecule has 0 radical (unpaired) electrons. The van der Waals surface area contributed by atoms with Crippen molar-refractivity contribution in [1.82, 2.24) is 4.90 Å². The van der Waals surface area contributed by atoms with Gasteiger partial charge in [0.1, 0.15) is 17.9 Å². The average Bonchev–Trinajstić information content (AvgIpc) is 3.12. The van der Waals surface area contributed by atoms with Crippen LogP contribution in [0.2, 0.25) is 0 Å². The molecule has 130 valence electrons. The Bertz CT molecular complexity index is 742. The van der Waals surface area contributed by atoms with E-state index in [4.69, 9.17) is 4.74 Å². The lowest BCUT2D eigenvalue weighted by atomic mass is 10.1. The Labute approximate surface area is 146 Å². The molecule has 1 unspecified atom stereocenters. The van der Waals surface area contributed by atoms with E-state index in [0.717, 1.165) is 12.0 Å². The Morgan fingerprint density at radius 1 is 1.12 bits per heavy atom. The maximum Gasteiger partial charge on any atom is 0.326 e. The Balaban J connectivity index is 1.68. The molecule has 2 aromatic rings. The normalized spacial score (nSPS) is 18.0. The third-order valence-corrected chi connectivity index (χ3v) is 4.48. The van der Waals surface area contributed by atoms with Crippen LogP contribution >= 0.6 is 0 Å². The van der Waals surface area contributed by atoms with E-state index in [1.165, 1.54) is 4.90 Å². The highest BCUT2D eigenvalue weighted by atomic mass is 16.5. The minimum atomic E-state index is -0.942. The minimum absolute atomic E-state index is 0.0993. The van der Waals surface area contributed by atoms with E-state index < -0.39 is 12.0 Å². The van der Waals surface area contributed by atoms with Gasteiger partial charge in [-0.15, -0.1) is 0 Å². The molecule has 1 N–H and O–H groups in total. The molecular formula is C20H21NO4. The zero-order chi connectivity index (χ0) is 17.8. The topological polar surface area (TPSA) is 66.8 Å². The number of carboxylic acid groups (broad SMARTS) is 1. The number of nitrogens with zero attached hydrogens (tertiary/aromatic N) is 1. The number of likely N-dealkylation sites (tertiary alicyclic amines) is 1. The predicted octanol–water partition coefficient (Wildman–Crippen LogP) is 3.52. The van der Waals surface area contributed by atoms with Gasteiger partial charge in [0.2, 0.25) is 0 Å². The second-order valence-corrected chi connectivity index (χ2v) is 6.19. The molecule has 1 fully saturated rings. The first-order valence-corrected chi connectivity index (χ1v) is 8.41. The summed E-state index contributed by atoms with van der Waals surface area (Å²) in [7, 11) is 0. The average molecular weight is 339 g/mol. The number of hydrogen-bond acceptors (Lipinski definition) is 3. The summed E-state index contributed by atoms with van der Waals surface area (Å²) in [6, 6.07) is 16.0. The third-order valence-electron chi connectivity index (χ3n) is 4.48. The van der Waals surface area contributed by atoms with E-state index in [1.807, 2.05) is 37.3 Å². The van der Waals surface area contributed by atoms with Gasteiger partial charge >= 0.3 is 5.97 Å². The molecule has 3 rings (SSSR count). The lowest BCUT2D eigenvalue weighted by molar-refractivity contribution is -0.141. The molecule has 0 bridgehead atoms. The Hall–Kier alpha value is -2.82. The molecule has 2 atom stereocenters. The Kier molecular flexibility index (Phi) is 5.03. The first-order chi connectivity index (χ1) is 12.1. The van der Waals surface area contributed by atoms with Gasteiger partial charge in [-0.3, -0.25) is 4.79 Å². The zero-order valence-electron chi connectivity index (χ0n) is 14.1. The first kappa shape index (κ1) is 17.0. The molecule has 1 aliphatic rings. The number of amides is 1. The van der Waals surface area contributed by atoms with Crippen molar-refractivity contribution in [3.05, 3.63) is 65.7 Å². The van der Waals surface area contributed by atoms with Crippen LogP contribution in [0, 0.1) is 0 Å². The fourth-order valence-corrected chi connectivity index (χ4v) is 3.10. The summed E-state index contributed by atoms with van der Waals surface area (Å²) in [5.41, 5.74) is 1.55. The van der Waals surface area contributed by atoms with Crippen LogP contribution in [-0.2, 0) is 4.79 Å². The van der Waals surface area contributed by atoms with Crippen LogP contribution in [0.15, 0.2) is 54.6 Å². The van der Waals surface area contributed by atoms with Crippen molar-refractivity contribution >= 4 is 11.9 Å². The fraction of sp³-hybridized carbons (Fsp3) is 0.300. The molecule has 0 saturated carbocycles. The summed E-state index contributed by atoms with van der Waals surface area (Å²) in [5.74, 6) is -0.515. The highest BCUT2D eigenvalue weighted by Gasteiger charge is 2.34. The highest BCUT2D eigenvalue weighted by Crippen LogP contribution is 2.24. The molecule has 1 aliphatic heterocycles. The second-order valence-electron chi connectivity index (χ2n) is 6.19. The fourth-order valence-electron chi connectivity index (χ4n) is 3.10. The molecule has 1 heterocycles. The number of ether oxygens (including phenoxy) is 1. The number of benzene rings is 2. The van der Waals surface area contributed by atoms with Gasteiger partial charge in [-0.25, -0.2) is 4.79 Å². The van der Waals surface area contributed by atoms with E-state index in [1.54, 1.807) is 24.3 Å². The van der Waals surface area contributed by atoms with Crippen LogP contribution in [0.4, 0.5) is 0 Å². The maximum atomic E-state index is 12.5. The molecule has 0 aliphatic carbocycles. The molecule has 1 saturated heterocycles. The standard InChI is InChI=1S/C20H21NO4/c1-14(15-6-3-2-4-7-15)25-17-11-9-16(10-12-17)19(22)21-13-5-8-18(21)20(23)24/h2-4,6-7,9-12,14,18H,5,8,13H2,1H3,(H,23,24)/t14?,18-/m1/s1. The van der Waals surface area contributed by atoms with E-state index in [-0.39, 0.29) is 12.0 Å². The third kappa shape index (κ3) is 3.82. The van der Waals surface area contributed by atoms with Gasteiger partial charge in [0.15, 0.2) is 0 Å². The number of carbonyl (C=O) groups is 2. The first-order valence-electron chi connectivity index (χ1n) is 8.41. The number of carboxylic acids is 1. The van der Waals surface area contributed by atoms with E-state index in [0.29, 0.717) is 24.3 Å². The van der Waals surface area contributed by atoms with E-state index >= 15 is 0 Å². The number of carbonyl (C=O) groups excluding carboxylic acids is 1. The van der Waals surface area contributed by atoms with Gasteiger partial charge in [0.05, 0.1) is 0 Å². The highest BCUT2D eigenvalue weighted by molar-refractivity contribution is 5.97. The van der Waals surface area contributed by atoms with Crippen molar-refractivity contribution in [2.45, 2.75) is 31.9 Å². The van der Waals surface area contributed by atoms with Gasteiger partial charge in [0, 0.05) is 12.1 Å². The lowest BCUT2D eigenvalue weighted by Gasteiger charge is -2.21. The number of rotatable bonds is 5. The monoisotopic (exact) mass is 339 g/mol. The zero-order valence-corrected chi connectivity index (χ0v) is 14.1. The van der Waals surface area contributed by atoms with Crippen molar-refractivity contribution in [2.75, 3.05) is 6.54 Å². The molecule has 5 heteroatoms. The molecular weight excluding hydrogens is 318 g/mol. The number of aliphatic carboxylic acids is 1. The molecule has 0 aromatic heterocycles. The summed E-state index contributed by atoms with van der Waals surface area (Å²) < 4.78 is 5.90. The second kappa shape index (κ2) is 7.38. The summed E-state index contributed by atoms with van der Waals surface area (Å²) in [5, 5.41) is 9.22. The molecule has 5 nitrogen and oxygen atoms in total. The van der Waals surface area contributed by atoms with Crippen LogP contribution in [0.5, 0.6) is 5.75 Å². The van der Waals surface area contributed by atoms with Crippen molar-refractivity contribution in [3.63, 3.8) is 0 Å². The van der Waals surface area contributed by atoms with Crippen LogP contribution in [-0.4, -0.2) is 34.5 Å². The van der Waals surface area contributed by atoms with Gasteiger partial charge in [-0.2, -0.15) is 0 Å². The number of hydrogen-bond donors (Lipinski definition) is 1. The molecule has 2 aromatic carbocycles. The largest absolute Gasteiger partial charge is 0.486 e. The summed E-state index contributed by atoms with van der Waals surface area (Å²) >= 11 is 0. The molecule has 0 spiro atoms. The maximum absolute atomic E-state index is 12.5. The summed E-state index contributed by atoms with van der Waals surface area (Å²) in [6.45, 7) is 2.45. The van der Waals surface area contributed by atoms with E-state index in [9.17, 15) is 14.7 Å². The van der Waals surface area contributed by atoms with Crippen LogP contribution in [0.3, 0.4) is 0 Å². The van der Waals surface area contributed by atoms with Crippen molar-refractivity contribution < 1.29 is 19.4 Å². The summed E-state index contributed by atoms with van der Waals surface area (Å²) in [6.07, 6.45) is 1.13. The van der Waals surface area contributed by atoms with Gasteiger partial charge in [0.25, 0.3) is 5.91 Å². The minimum Gasteiger partial charge on any atom is -0.486 e. The van der Waals surface area contributed by atoms with Crippen molar-refractivity contribution in [3.8, 4) is 5.75 Å². The molecule has 1 amide bonds.